The van der Waals surface area contributed by atoms with Crippen molar-refractivity contribution >= 4 is 27.3 Å². The van der Waals surface area contributed by atoms with Crippen molar-refractivity contribution in [3.63, 3.8) is 0 Å². The first-order chi connectivity index (χ1) is 9.13. The number of sulfonamides is 1. The summed E-state index contributed by atoms with van der Waals surface area (Å²) in [5, 5.41) is 10.7. The molecule has 1 atom stereocenters. The average Bonchev–Trinajstić information content (AvgIpc) is 2.95. The van der Waals surface area contributed by atoms with Gasteiger partial charge in [0.2, 0.25) is 10.0 Å². The molecule has 0 amide bonds. The zero-order valence-electron chi connectivity index (χ0n) is 11.1. The van der Waals surface area contributed by atoms with Crippen molar-refractivity contribution in [3.8, 4) is 0 Å². The Morgan fingerprint density at radius 1 is 1.50 bits per heavy atom. The summed E-state index contributed by atoms with van der Waals surface area (Å²) in [4.78, 5) is 9.92. The minimum atomic E-state index is -3.75. The zero-order valence-corrected chi connectivity index (χ0v) is 12.7. The number of hydrogen-bond donors (Lipinski definition) is 1. The number of rotatable bonds is 5. The molecule has 0 bridgehead atoms. The van der Waals surface area contributed by atoms with E-state index >= 15 is 0 Å². The zero-order chi connectivity index (χ0) is 15.1. The third-order valence-electron chi connectivity index (χ3n) is 3.66. The molecule has 1 aliphatic rings. The molecule has 0 spiro atoms. The summed E-state index contributed by atoms with van der Waals surface area (Å²) in [5.74, 6) is 0.305. The summed E-state index contributed by atoms with van der Waals surface area (Å²) in [6.45, 7) is 4.48. The fourth-order valence-corrected chi connectivity index (χ4v) is 3.31. The van der Waals surface area contributed by atoms with E-state index in [4.69, 9.17) is 11.6 Å². The fourth-order valence-electron chi connectivity index (χ4n) is 2.02. The lowest BCUT2D eigenvalue weighted by atomic mass is 10.1. The third kappa shape index (κ3) is 3.11. The van der Waals surface area contributed by atoms with E-state index in [1.54, 1.807) is 0 Å². The molecule has 1 aromatic carbocycles. The molecule has 0 heterocycles. The van der Waals surface area contributed by atoms with E-state index in [1.165, 1.54) is 12.1 Å². The Morgan fingerprint density at radius 3 is 2.60 bits per heavy atom. The minimum absolute atomic E-state index is 0.0859. The second-order valence-corrected chi connectivity index (χ2v) is 7.79. The van der Waals surface area contributed by atoms with E-state index < -0.39 is 20.6 Å². The van der Waals surface area contributed by atoms with Crippen LogP contribution in [0.25, 0.3) is 0 Å². The van der Waals surface area contributed by atoms with Gasteiger partial charge in [0.25, 0.3) is 5.69 Å². The maximum absolute atomic E-state index is 12.1. The highest BCUT2D eigenvalue weighted by molar-refractivity contribution is 7.89. The van der Waals surface area contributed by atoms with Crippen LogP contribution in [0.1, 0.15) is 20.3 Å². The summed E-state index contributed by atoms with van der Waals surface area (Å²) >= 11 is 5.66. The molecular weight excluding hydrogens is 304 g/mol. The molecule has 1 aliphatic carbocycles. The second-order valence-electron chi connectivity index (χ2n) is 5.61. The van der Waals surface area contributed by atoms with Crippen LogP contribution in [-0.2, 0) is 10.0 Å². The Labute approximate surface area is 122 Å². The van der Waals surface area contributed by atoms with Crippen LogP contribution < -0.4 is 4.72 Å². The van der Waals surface area contributed by atoms with Crippen LogP contribution in [0.4, 0.5) is 5.69 Å². The SMILES string of the molecule is CC1(C)CC1CNS(=O)(=O)c1ccc(Cl)c([N+](=O)[O-])c1. The topological polar surface area (TPSA) is 89.3 Å². The van der Waals surface area contributed by atoms with Crippen LogP contribution in [-0.4, -0.2) is 19.9 Å². The Morgan fingerprint density at radius 2 is 2.10 bits per heavy atom. The molecule has 20 heavy (non-hydrogen) atoms. The molecule has 1 N–H and O–H groups in total. The van der Waals surface area contributed by atoms with Gasteiger partial charge in [0.15, 0.2) is 0 Å². The average molecular weight is 319 g/mol. The van der Waals surface area contributed by atoms with Gasteiger partial charge in [0.1, 0.15) is 5.02 Å². The second kappa shape index (κ2) is 4.98. The molecular formula is C12H15ClN2O4S. The highest BCUT2D eigenvalue weighted by Gasteiger charge is 2.45. The van der Waals surface area contributed by atoms with Crippen molar-refractivity contribution in [2.24, 2.45) is 11.3 Å². The van der Waals surface area contributed by atoms with Gasteiger partial charge in [-0.2, -0.15) is 0 Å². The predicted molar refractivity (Wildman–Crippen MR) is 75.2 cm³/mol. The molecule has 8 heteroatoms. The van der Waals surface area contributed by atoms with Crippen LogP contribution >= 0.6 is 11.6 Å². The summed E-state index contributed by atoms with van der Waals surface area (Å²) < 4.78 is 26.7. The van der Waals surface area contributed by atoms with Gasteiger partial charge in [0, 0.05) is 12.6 Å². The standard InChI is InChI=1S/C12H15ClN2O4S/c1-12(2)6-8(12)7-14-20(18,19)9-3-4-10(13)11(5-9)15(16)17/h3-5,8,14H,6-7H2,1-2H3. The van der Waals surface area contributed by atoms with E-state index in [2.05, 4.69) is 18.6 Å². The number of nitrogens with zero attached hydrogens (tertiary/aromatic N) is 1. The summed E-state index contributed by atoms with van der Waals surface area (Å²) in [5.41, 5.74) is -0.254. The Bertz CT molecular complexity index is 657. The molecule has 1 aromatic rings. The van der Waals surface area contributed by atoms with Gasteiger partial charge in [-0.05, 0) is 29.9 Å². The van der Waals surface area contributed by atoms with Crippen molar-refractivity contribution in [3.05, 3.63) is 33.3 Å². The van der Waals surface area contributed by atoms with Crippen molar-refractivity contribution in [2.45, 2.75) is 25.2 Å². The molecule has 0 saturated heterocycles. The molecule has 1 unspecified atom stereocenters. The lowest BCUT2D eigenvalue weighted by Crippen LogP contribution is -2.26. The van der Waals surface area contributed by atoms with Gasteiger partial charge < -0.3 is 0 Å². The monoisotopic (exact) mass is 318 g/mol. The van der Waals surface area contributed by atoms with E-state index in [9.17, 15) is 18.5 Å². The Balaban J connectivity index is 2.17. The molecule has 0 radical (unpaired) electrons. The summed E-state index contributed by atoms with van der Waals surface area (Å²) in [6.07, 6.45) is 0.969. The normalized spacial score (nSPS) is 20.6. The third-order valence-corrected chi connectivity index (χ3v) is 5.40. The maximum atomic E-state index is 12.1. The van der Waals surface area contributed by atoms with Gasteiger partial charge in [-0.25, -0.2) is 13.1 Å². The van der Waals surface area contributed by atoms with E-state index in [0.29, 0.717) is 12.5 Å². The first-order valence-electron chi connectivity index (χ1n) is 6.07. The van der Waals surface area contributed by atoms with Crippen molar-refractivity contribution < 1.29 is 13.3 Å². The van der Waals surface area contributed by atoms with Crippen molar-refractivity contribution in [1.82, 2.24) is 4.72 Å². The van der Waals surface area contributed by atoms with Gasteiger partial charge in [0.05, 0.1) is 9.82 Å². The van der Waals surface area contributed by atoms with Crippen molar-refractivity contribution in [2.75, 3.05) is 6.54 Å². The Kier molecular flexibility index (Phi) is 3.79. The van der Waals surface area contributed by atoms with Crippen LogP contribution in [0.15, 0.2) is 23.1 Å². The number of nitro groups is 1. The minimum Gasteiger partial charge on any atom is -0.258 e. The van der Waals surface area contributed by atoms with Crippen LogP contribution in [0.2, 0.25) is 5.02 Å². The van der Waals surface area contributed by atoms with Crippen LogP contribution in [0.5, 0.6) is 0 Å². The van der Waals surface area contributed by atoms with E-state index in [1.807, 2.05) is 0 Å². The smallest absolute Gasteiger partial charge is 0.258 e. The fraction of sp³-hybridized carbons (Fsp3) is 0.500. The van der Waals surface area contributed by atoms with E-state index in [0.717, 1.165) is 12.5 Å². The maximum Gasteiger partial charge on any atom is 0.289 e. The van der Waals surface area contributed by atoms with Gasteiger partial charge in [-0.15, -0.1) is 0 Å². The highest BCUT2D eigenvalue weighted by Crippen LogP contribution is 2.51. The molecule has 2 rings (SSSR count). The predicted octanol–water partition coefficient (Wildman–Crippen LogP) is 2.57. The van der Waals surface area contributed by atoms with Crippen LogP contribution in [0.3, 0.4) is 0 Å². The number of benzene rings is 1. The van der Waals surface area contributed by atoms with Crippen LogP contribution in [0, 0.1) is 21.4 Å². The lowest BCUT2D eigenvalue weighted by molar-refractivity contribution is -0.384. The molecule has 0 aromatic heterocycles. The quantitative estimate of drug-likeness (QED) is 0.667. The summed E-state index contributed by atoms with van der Waals surface area (Å²) in [7, 11) is -3.75. The van der Waals surface area contributed by atoms with Gasteiger partial charge in [-0.3, -0.25) is 10.1 Å². The lowest BCUT2D eigenvalue weighted by Gasteiger charge is -2.08. The van der Waals surface area contributed by atoms with Gasteiger partial charge in [-0.1, -0.05) is 25.4 Å². The molecule has 0 aliphatic heterocycles. The summed E-state index contributed by atoms with van der Waals surface area (Å²) in [6, 6.07) is 3.45. The van der Waals surface area contributed by atoms with E-state index in [-0.39, 0.29) is 15.3 Å². The number of hydrogen-bond acceptors (Lipinski definition) is 4. The van der Waals surface area contributed by atoms with Gasteiger partial charge >= 0.3 is 0 Å². The molecule has 1 fully saturated rings. The first-order valence-corrected chi connectivity index (χ1v) is 7.93. The number of nitrogens with one attached hydrogen (secondary N) is 1. The first kappa shape index (κ1) is 15.2. The molecule has 6 nitrogen and oxygen atoms in total. The van der Waals surface area contributed by atoms with Crippen molar-refractivity contribution in [1.29, 1.82) is 0 Å². The highest BCUT2D eigenvalue weighted by atomic mass is 35.5. The number of nitro benzene ring substituents is 1. The number of halogens is 1. The molecule has 110 valence electrons. The molecule has 1 saturated carbocycles. The largest absolute Gasteiger partial charge is 0.289 e. The Hall–Kier alpha value is -1.18.